The van der Waals surface area contributed by atoms with Gasteiger partial charge < -0.3 is 5.11 Å². The zero-order valence-electron chi connectivity index (χ0n) is 14.2. The Morgan fingerprint density at radius 2 is 1.83 bits per heavy atom. The van der Waals surface area contributed by atoms with Crippen molar-refractivity contribution in [3.05, 3.63) is 76.4 Å². The van der Waals surface area contributed by atoms with Crippen LogP contribution in [0.5, 0.6) is 0 Å². The van der Waals surface area contributed by atoms with Gasteiger partial charge in [0.15, 0.2) is 0 Å². The fourth-order valence-corrected chi connectivity index (χ4v) is 2.79. The highest BCUT2D eigenvalue weighted by Gasteiger charge is 2.16. The van der Waals surface area contributed by atoms with E-state index in [2.05, 4.69) is 27.4 Å². The van der Waals surface area contributed by atoms with Crippen molar-refractivity contribution in [3.8, 4) is 0 Å². The van der Waals surface area contributed by atoms with Crippen molar-refractivity contribution in [2.45, 2.75) is 46.5 Å². The smallest absolute Gasteiger partial charge is 0.123 e. The van der Waals surface area contributed by atoms with E-state index in [4.69, 9.17) is 0 Å². The van der Waals surface area contributed by atoms with Crippen LogP contribution in [0.15, 0.2) is 65.0 Å². The van der Waals surface area contributed by atoms with E-state index < -0.39 is 0 Å². The Bertz CT molecular complexity index is 683. The van der Waals surface area contributed by atoms with Gasteiger partial charge in [0.05, 0.1) is 5.76 Å². The molecule has 1 aliphatic rings. The Balaban J connectivity index is 2.24. The molecule has 1 N–H and O–H groups in total. The Morgan fingerprint density at radius 1 is 1.17 bits per heavy atom. The normalized spacial score (nSPS) is 14.5. The van der Waals surface area contributed by atoms with Crippen LogP contribution in [0.4, 0.5) is 4.39 Å². The van der Waals surface area contributed by atoms with Gasteiger partial charge in [-0.3, -0.25) is 0 Å². The van der Waals surface area contributed by atoms with E-state index in [0.29, 0.717) is 12.2 Å². The molecule has 2 heteroatoms. The van der Waals surface area contributed by atoms with Crippen LogP contribution in [0.1, 0.15) is 52.0 Å². The van der Waals surface area contributed by atoms with Gasteiger partial charge in [-0.15, -0.1) is 0 Å². The standard InChI is InChI=1S/C21H25FO/c1-14(2)16(4)11-15(3)12-18-7-10-20(23)13-21(18)17-5-8-19(22)9-6-17/h5-6,8-10,23H,3,7,11-13H2,1-2,4H3. The number of halogens is 1. The van der Waals surface area contributed by atoms with E-state index >= 15 is 0 Å². The molecular weight excluding hydrogens is 287 g/mol. The van der Waals surface area contributed by atoms with E-state index in [9.17, 15) is 9.50 Å². The van der Waals surface area contributed by atoms with Gasteiger partial charge in [-0.2, -0.15) is 0 Å². The molecule has 0 aliphatic heterocycles. The Hall–Kier alpha value is -2.09. The van der Waals surface area contributed by atoms with Gasteiger partial charge >= 0.3 is 0 Å². The van der Waals surface area contributed by atoms with Crippen LogP contribution < -0.4 is 0 Å². The molecule has 0 unspecified atom stereocenters. The summed E-state index contributed by atoms with van der Waals surface area (Å²) >= 11 is 0. The van der Waals surface area contributed by atoms with Crippen LogP contribution in [0.3, 0.4) is 0 Å². The first-order valence-electron chi connectivity index (χ1n) is 8.01. The number of hydrogen-bond donors (Lipinski definition) is 1. The average Bonchev–Trinajstić information content (AvgIpc) is 2.49. The number of aliphatic hydroxyl groups is 1. The van der Waals surface area contributed by atoms with Crippen molar-refractivity contribution in [2.75, 3.05) is 0 Å². The maximum atomic E-state index is 13.2. The first-order valence-corrected chi connectivity index (χ1v) is 8.01. The lowest BCUT2D eigenvalue weighted by molar-refractivity contribution is 0.398. The van der Waals surface area contributed by atoms with Crippen LogP contribution in [-0.4, -0.2) is 5.11 Å². The summed E-state index contributed by atoms with van der Waals surface area (Å²) in [7, 11) is 0. The first-order chi connectivity index (χ1) is 10.9. The molecule has 0 atom stereocenters. The minimum absolute atomic E-state index is 0.241. The quantitative estimate of drug-likeness (QED) is 0.615. The van der Waals surface area contributed by atoms with Crippen LogP contribution in [0, 0.1) is 5.82 Å². The third kappa shape index (κ3) is 4.69. The number of hydrogen-bond acceptors (Lipinski definition) is 1. The molecule has 0 spiro atoms. The Kier molecular flexibility index (Phi) is 5.59. The van der Waals surface area contributed by atoms with Crippen molar-refractivity contribution in [3.63, 3.8) is 0 Å². The molecule has 0 aromatic heterocycles. The molecule has 0 saturated heterocycles. The summed E-state index contributed by atoms with van der Waals surface area (Å²) in [5.74, 6) is 0.147. The fraction of sp³-hybridized carbons (Fsp3) is 0.333. The molecular formula is C21H25FO. The summed E-state index contributed by atoms with van der Waals surface area (Å²) in [4.78, 5) is 0. The predicted octanol–water partition coefficient (Wildman–Crippen LogP) is 6.51. The Morgan fingerprint density at radius 3 is 2.43 bits per heavy atom. The van der Waals surface area contributed by atoms with Gasteiger partial charge in [0.25, 0.3) is 0 Å². The SMILES string of the molecule is C=C(CC(C)=C(C)C)CC1=C(c2ccc(F)cc2)CC(O)=CC1. The summed E-state index contributed by atoms with van der Waals surface area (Å²) < 4.78 is 13.2. The van der Waals surface area contributed by atoms with Gasteiger partial charge in [0, 0.05) is 6.42 Å². The number of allylic oxidation sites excluding steroid dienone is 6. The molecule has 1 aliphatic carbocycles. The minimum Gasteiger partial charge on any atom is -0.512 e. The van der Waals surface area contributed by atoms with Gasteiger partial charge in [-0.25, -0.2) is 4.39 Å². The molecule has 2 rings (SSSR count). The maximum Gasteiger partial charge on any atom is 0.123 e. The summed E-state index contributed by atoms with van der Waals surface area (Å²) in [6.45, 7) is 10.6. The molecule has 0 radical (unpaired) electrons. The largest absolute Gasteiger partial charge is 0.512 e. The summed E-state index contributed by atoms with van der Waals surface area (Å²) in [5.41, 5.74) is 7.20. The summed E-state index contributed by atoms with van der Waals surface area (Å²) in [6.07, 6.45) is 4.82. The topological polar surface area (TPSA) is 20.2 Å². The van der Waals surface area contributed by atoms with Gasteiger partial charge in [0.1, 0.15) is 5.82 Å². The van der Waals surface area contributed by atoms with Gasteiger partial charge in [-0.05, 0) is 69.4 Å². The predicted molar refractivity (Wildman–Crippen MR) is 95.7 cm³/mol. The highest BCUT2D eigenvalue weighted by atomic mass is 19.1. The summed E-state index contributed by atoms with van der Waals surface area (Å²) in [6, 6.07) is 6.51. The lowest BCUT2D eigenvalue weighted by Gasteiger charge is -2.20. The molecule has 0 heterocycles. The second kappa shape index (κ2) is 7.45. The number of benzene rings is 1. The molecule has 0 fully saturated rings. The zero-order chi connectivity index (χ0) is 17.0. The number of rotatable bonds is 5. The van der Waals surface area contributed by atoms with Crippen LogP contribution in [0.25, 0.3) is 5.57 Å². The number of aliphatic hydroxyl groups excluding tert-OH is 1. The Labute approximate surface area is 138 Å². The average molecular weight is 312 g/mol. The first kappa shape index (κ1) is 17.3. The van der Waals surface area contributed by atoms with Crippen molar-refractivity contribution in [2.24, 2.45) is 0 Å². The molecule has 1 aromatic rings. The van der Waals surface area contributed by atoms with Gasteiger partial charge in [0.2, 0.25) is 0 Å². The monoisotopic (exact) mass is 312 g/mol. The molecule has 1 nitrogen and oxygen atoms in total. The summed E-state index contributed by atoms with van der Waals surface area (Å²) in [5, 5.41) is 9.89. The zero-order valence-corrected chi connectivity index (χ0v) is 14.2. The third-order valence-corrected chi connectivity index (χ3v) is 4.39. The van der Waals surface area contributed by atoms with Crippen LogP contribution in [-0.2, 0) is 0 Å². The lowest BCUT2D eigenvalue weighted by atomic mass is 9.86. The molecule has 0 amide bonds. The van der Waals surface area contributed by atoms with Crippen molar-refractivity contribution in [1.29, 1.82) is 0 Å². The van der Waals surface area contributed by atoms with E-state index in [1.807, 2.05) is 6.08 Å². The highest BCUT2D eigenvalue weighted by molar-refractivity contribution is 5.72. The molecule has 0 saturated carbocycles. The second-order valence-electron chi connectivity index (χ2n) is 6.55. The molecule has 1 aromatic carbocycles. The van der Waals surface area contributed by atoms with E-state index in [1.54, 1.807) is 12.1 Å². The fourth-order valence-electron chi connectivity index (χ4n) is 2.79. The maximum absolute atomic E-state index is 13.2. The molecule has 23 heavy (non-hydrogen) atoms. The van der Waals surface area contributed by atoms with Gasteiger partial charge in [-0.1, -0.05) is 41.0 Å². The van der Waals surface area contributed by atoms with Crippen molar-refractivity contribution in [1.82, 2.24) is 0 Å². The molecule has 0 bridgehead atoms. The van der Waals surface area contributed by atoms with Crippen molar-refractivity contribution >= 4 is 5.57 Å². The van der Waals surface area contributed by atoms with E-state index in [0.717, 1.165) is 30.4 Å². The third-order valence-electron chi connectivity index (χ3n) is 4.39. The highest BCUT2D eigenvalue weighted by Crippen LogP contribution is 2.35. The molecule has 122 valence electrons. The second-order valence-corrected chi connectivity index (χ2v) is 6.55. The van der Waals surface area contributed by atoms with Crippen LogP contribution in [0.2, 0.25) is 0 Å². The van der Waals surface area contributed by atoms with E-state index in [-0.39, 0.29) is 5.82 Å². The van der Waals surface area contributed by atoms with Crippen molar-refractivity contribution < 1.29 is 9.50 Å². The minimum atomic E-state index is -0.241. The van der Waals surface area contributed by atoms with E-state index in [1.165, 1.54) is 34.4 Å². The van der Waals surface area contributed by atoms with Crippen LogP contribution >= 0.6 is 0 Å². The lowest BCUT2D eigenvalue weighted by Crippen LogP contribution is -2.02.